The smallest absolute Gasteiger partial charge is 0.258 e. The van der Waals surface area contributed by atoms with Crippen LogP contribution in [0.2, 0.25) is 0 Å². The van der Waals surface area contributed by atoms with Crippen molar-refractivity contribution in [1.82, 2.24) is 7.42 Å². The molecule has 0 aromatic heterocycles. The maximum absolute atomic E-state index is 11.2. The quantitative estimate of drug-likeness (QED) is 0.407. The highest BCUT2D eigenvalue weighted by atomic mass is 127. The number of hydrogen-bond acceptors (Lipinski definition) is 4. The van der Waals surface area contributed by atoms with Crippen molar-refractivity contribution in [2.24, 2.45) is 0 Å². The van der Waals surface area contributed by atoms with Crippen LogP contribution in [0.1, 0.15) is 12.8 Å². The van der Waals surface area contributed by atoms with Crippen molar-refractivity contribution in [1.29, 1.82) is 0 Å². The Morgan fingerprint density at radius 3 is 2.64 bits per heavy atom. The van der Waals surface area contributed by atoms with Crippen molar-refractivity contribution in [2.45, 2.75) is 18.4 Å². The van der Waals surface area contributed by atoms with Gasteiger partial charge in [-0.25, -0.2) is 3.11 Å². The van der Waals surface area contributed by atoms with Gasteiger partial charge in [0.1, 0.15) is 6.61 Å². The van der Waals surface area contributed by atoms with Crippen LogP contribution in [0.25, 0.3) is 0 Å². The minimum Gasteiger partial charge on any atom is -0.363 e. The van der Waals surface area contributed by atoms with E-state index in [1.807, 2.05) is 0 Å². The summed E-state index contributed by atoms with van der Waals surface area (Å²) in [5, 5.41) is 0. The van der Waals surface area contributed by atoms with Crippen LogP contribution in [0.5, 0.6) is 0 Å². The third-order valence-corrected chi connectivity index (χ3v) is 4.18. The van der Waals surface area contributed by atoms with Crippen LogP contribution < -0.4 is 0 Å². The third kappa shape index (κ3) is 2.17. The summed E-state index contributed by atoms with van der Waals surface area (Å²) in [5.74, 6) is -0.0316. The molecule has 1 amide bonds. The van der Waals surface area contributed by atoms with E-state index in [4.69, 9.17) is 4.74 Å². The van der Waals surface area contributed by atoms with E-state index in [2.05, 4.69) is 38.8 Å². The Hall–Kier alpha value is 0.470. The number of carbonyl (C=O) groups excluding carboxylic acids is 1. The number of carbonyl (C=O) groups is 1. The average molecular weight is 328 g/mol. The van der Waals surface area contributed by atoms with Crippen LogP contribution in [0.3, 0.4) is 0 Å². The molecule has 2 fully saturated rings. The monoisotopic (exact) mass is 328 g/mol. The molecule has 0 aromatic rings. The van der Waals surface area contributed by atoms with Crippen LogP contribution >= 0.6 is 35.7 Å². The van der Waals surface area contributed by atoms with Crippen LogP contribution in [0.4, 0.5) is 0 Å². The molecule has 4 nitrogen and oxygen atoms in total. The number of morpholine rings is 1. The third-order valence-electron chi connectivity index (χ3n) is 2.85. The fraction of sp³-hybridized carbons (Fsp3) is 0.875. The highest BCUT2D eigenvalue weighted by Crippen LogP contribution is 2.31. The second-order valence-corrected chi connectivity index (χ2v) is 5.68. The largest absolute Gasteiger partial charge is 0.363 e. The van der Waals surface area contributed by atoms with Gasteiger partial charge in [-0.15, -0.1) is 0 Å². The second kappa shape index (κ2) is 4.15. The number of thiol groups is 1. The number of hydrogen-bond donors (Lipinski definition) is 1. The molecule has 1 spiro atoms. The summed E-state index contributed by atoms with van der Waals surface area (Å²) in [6.07, 6.45) is 1.97. The van der Waals surface area contributed by atoms with Crippen molar-refractivity contribution in [3.05, 3.63) is 0 Å². The zero-order chi connectivity index (χ0) is 10.2. The topological polar surface area (TPSA) is 32.8 Å². The molecule has 80 valence electrons. The summed E-state index contributed by atoms with van der Waals surface area (Å²) in [6, 6.07) is 0. The molecule has 0 atom stereocenters. The molecule has 14 heavy (non-hydrogen) atoms. The molecular weight excluding hydrogens is 315 g/mol. The van der Waals surface area contributed by atoms with Gasteiger partial charge in [0.15, 0.2) is 0 Å². The minimum absolute atomic E-state index is 0.0316. The number of nitrogens with zero attached hydrogens (tertiary/aromatic N) is 2. The van der Waals surface area contributed by atoms with Crippen LogP contribution in [0.15, 0.2) is 0 Å². The first-order valence-corrected chi connectivity index (χ1v) is 6.02. The fourth-order valence-corrected chi connectivity index (χ4v) is 2.68. The van der Waals surface area contributed by atoms with Gasteiger partial charge in [0.05, 0.1) is 12.1 Å². The maximum atomic E-state index is 11.2. The number of ether oxygens (including phenoxy) is 1. The Kier molecular flexibility index (Phi) is 3.25. The first-order chi connectivity index (χ1) is 6.61. The Morgan fingerprint density at radius 2 is 2.07 bits per heavy atom. The van der Waals surface area contributed by atoms with Gasteiger partial charge in [-0.1, -0.05) is 12.8 Å². The molecule has 2 aliphatic heterocycles. The zero-order valence-electron chi connectivity index (χ0n) is 7.78. The summed E-state index contributed by atoms with van der Waals surface area (Å²) < 4.78 is 9.42. The Labute approximate surface area is 103 Å². The summed E-state index contributed by atoms with van der Waals surface area (Å²) >= 11 is 6.47. The molecule has 2 aliphatic rings. The molecule has 0 radical (unpaired) electrons. The lowest BCUT2D eigenvalue weighted by Crippen LogP contribution is -2.55. The van der Waals surface area contributed by atoms with Gasteiger partial charge in [0, 0.05) is 36.0 Å². The van der Waals surface area contributed by atoms with Crippen molar-refractivity contribution < 1.29 is 9.53 Å². The lowest BCUT2D eigenvalue weighted by atomic mass is 9.91. The Balaban J connectivity index is 2.00. The summed E-state index contributed by atoms with van der Waals surface area (Å²) in [4.78, 5) is 11.2. The zero-order valence-corrected chi connectivity index (χ0v) is 10.8. The highest BCUT2D eigenvalue weighted by Gasteiger charge is 2.41. The molecule has 2 saturated heterocycles. The average Bonchev–Trinajstić information content (AvgIpc) is 2.18. The van der Waals surface area contributed by atoms with Gasteiger partial charge in [0.25, 0.3) is 5.91 Å². The molecule has 0 N–H and O–H groups in total. The van der Waals surface area contributed by atoms with Gasteiger partial charge in [-0.2, -0.15) is 0 Å². The van der Waals surface area contributed by atoms with Crippen molar-refractivity contribution in [2.75, 3.05) is 26.2 Å². The lowest BCUT2D eigenvalue weighted by Gasteiger charge is -2.44. The van der Waals surface area contributed by atoms with Gasteiger partial charge in [-0.3, -0.25) is 9.10 Å². The van der Waals surface area contributed by atoms with Crippen LogP contribution in [0, 0.1) is 0 Å². The van der Waals surface area contributed by atoms with Crippen molar-refractivity contribution in [3.63, 3.8) is 0 Å². The summed E-state index contributed by atoms with van der Waals surface area (Å²) in [7, 11) is 0. The standard InChI is InChI=1S/C8H13IN2O2S/c9-10-3-1-8(2-4-10)6-11(14)7(12)5-13-8/h14H,1-6H2. The summed E-state index contributed by atoms with van der Waals surface area (Å²) in [6.45, 7) is 2.86. The molecule has 0 aliphatic carbocycles. The molecule has 6 heteroatoms. The number of halogens is 1. The molecule has 0 saturated carbocycles. The van der Waals surface area contributed by atoms with Crippen LogP contribution in [-0.4, -0.2) is 45.2 Å². The van der Waals surface area contributed by atoms with Crippen LogP contribution in [-0.2, 0) is 9.53 Å². The van der Waals surface area contributed by atoms with E-state index < -0.39 is 0 Å². The van der Waals surface area contributed by atoms with Crippen molar-refractivity contribution >= 4 is 41.6 Å². The van der Waals surface area contributed by atoms with E-state index in [0.29, 0.717) is 6.54 Å². The molecule has 0 aromatic carbocycles. The maximum Gasteiger partial charge on any atom is 0.258 e. The predicted molar refractivity (Wildman–Crippen MR) is 64.2 cm³/mol. The predicted octanol–water partition coefficient (Wildman–Crippen LogP) is 0.875. The van der Waals surface area contributed by atoms with E-state index in [0.717, 1.165) is 25.9 Å². The highest BCUT2D eigenvalue weighted by molar-refractivity contribution is 14.1. The molecular formula is C8H13IN2O2S. The van der Waals surface area contributed by atoms with E-state index in [1.54, 1.807) is 0 Å². The van der Waals surface area contributed by atoms with E-state index in [9.17, 15) is 4.79 Å². The van der Waals surface area contributed by atoms with Gasteiger partial charge in [0.2, 0.25) is 0 Å². The fourth-order valence-electron chi connectivity index (χ4n) is 1.89. The van der Waals surface area contributed by atoms with Gasteiger partial charge >= 0.3 is 0 Å². The van der Waals surface area contributed by atoms with E-state index >= 15 is 0 Å². The summed E-state index contributed by atoms with van der Waals surface area (Å²) in [5.41, 5.74) is -0.128. The number of amides is 1. The number of piperidine rings is 1. The van der Waals surface area contributed by atoms with E-state index in [1.165, 1.54) is 4.31 Å². The SMILES string of the molecule is O=C1COC2(CCN(I)CC2)CN1S. The second-order valence-electron chi connectivity index (χ2n) is 3.83. The first-order valence-electron chi connectivity index (χ1n) is 4.65. The normalized spacial score (nSPS) is 28.4. The van der Waals surface area contributed by atoms with Crippen molar-refractivity contribution in [3.8, 4) is 0 Å². The molecule has 0 unspecified atom stereocenters. The molecule has 2 heterocycles. The lowest BCUT2D eigenvalue weighted by molar-refractivity contribution is -0.158. The Bertz CT molecular complexity index is 243. The van der Waals surface area contributed by atoms with Gasteiger partial charge < -0.3 is 4.74 Å². The first kappa shape index (κ1) is 11.0. The van der Waals surface area contributed by atoms with Gasteiger partial charge in [-0.05, 0) is 12.8 Å². The Morgan fingerprint density at radius 1 is 1.43 bits per heavy atom. The minimum atomic E-state index is -0.128. The van der Waals surface area contributed by atoms with E-state index in [-0.39, 0.29) is 18.1 Å². The number of rotatable bonds is 0. The molecule has 2 rings (SSSR count). The molecule has 0 bridgehead atoms.